The Bertz CT molecular complexity index is 854. The van der Waals surface area contributed by atoms with Crippen molar-refractivity contribution in [3.05, 3.63) is 65.7 Å². The second-order valence-corrected chi connectivity index (χ2v) is 8.35. The smallest absolute Gasteiger partial charge is 0.258 e. The molecule has 0 bridgehead atoms. The van der Waals surface area contributed by atoms with Crippen molar-refractivity contribution in [1.82, 2.24) is 16.0 Å². The molecule has 1 aliphatic rings. The Balaban J connectivity index is 0.00000385. The van der Waals surface area contributed by atoms with Gasteiger partial charge in [-0.15, -0.1) is 24.0 Å². The van der Waals surface area contributed by atoms with Crippen molar-refractivity contribution in [2.45, 2.75) is 58.0 Å². The van der Waals surface area contributed by atoms with E-state index in [4.69, 9.17) is 9.73 Å². The zero-order valence-electron chi connectivity index (χ0n) is 19.7. The summed E-state index contributed by atoms with van der Waals surface area (Å²) in [5.74, 6) is 1.52. The van der Waals surface area contributed by atoms with Gasteiger partial charge in [-0.1, -0.05) is 42.5 Å². The molecule has 7 heteroatoms. The number of hydrogen-bond acceptors (Lipinski definition) is 3. The molecule has 3 rings (SSSR count). The highest BCUT2D eigenvalue weighted by Crippen LogP contribution is 2.18. The van der Waals surface area contributed by atoms with Crippen LogP contribution in [0.5, 0.6) is 5.75 Å². The Morgan fingerprint density at radius 3 is 2.42 bits per heavy atom. The highest BCUT2D eigenvalue weighted by atomic mass is 127. The molecule has 2 aromatic carbocycles. The first-order valence-electron chi connectivity index (χ1n) is 11.7. The van der Waals surface area contributed by atoms with Gasteiger partial charge >= 0.3 is 0 Å². The van der Waals surface area contributed by atoms with Gasteiger partial charge in [0.15, 0.2) is 12.6 Å². The highest BCUT2D eigenvalue weighted by molar-refractivity contribution is 14.0. The van der Waals surface area contributed by atoms with E-state index in [1.54, 1.807) is 0 Å². The summed E-state index contributed by atoms with van der Waals surface area (Å²) >= 11 is 0. The first kappa shape index (κ1) is 27.0. The monoisotopic (exact) mass is 564 g/mol. The summed E-state index contributed by atoms with van der Waals surface area (Å²) in [6, 6.07) is 19.2. The summed E-state index contributed by atoms with van der Waals surface area (Å²) in [6.07, 6.45) is 5.11. The van der Waals surface area contributed by atoms with Gasteiger partial charge in [0.05, 0.1) is 0 Å². The molecular formula is C26H37IN4O2. The van der Waals surface area contributed by atoms with Crippen LogP contribution >= 0.6 is 24.0 Å². The molecule has 3 N–H and O–H groups in total. The van der Waals surface area contributed by atoms with E-state index in [1.807, 2.05) is 24.3 Å². The van der Waals surface area contributed by atoms with Crippen LogP contribution in [0.4, 0.5) is 0 Å². The van der Waals surface area contributed by atoms with E-state index < -0.39 is 0 Å². The molecule has 1 amide bonds. The molecule has 1 atom stereocenters. The number of carbonyl (C=O) groups excluding carboxylic acids is 1. The van der Waals surface area contributed by atoms with E-state index in [0.29, 0.717) is 24.4 Å². The number of ether oxygens (including phenoxy) is 1. The second kappa shape index (κ2) is 14.8. The molecule has 1 saturated carbocycles. The minimum Gasteiger partial charge on any atom is -0.484 e. The van der Waals surface area contributed by atoms with Gasteiger partial charge in [0.25, 0.3) is 5.91 Å². The zero-order valence-corrected chi connectivity index (χ0v) is 22.0. The number of nitrogens with zero attached hydrogens (tertiary/aromatic N) is 1. The number of hydrogen-bond donors (Lipinski definition) is 3. The fourth-order valence-corrected chi connectivity index (χ4v) is 3.35. The third-order valence-electron chi connectivity index (χ3n) is 5.34. The second-order valence-electron chi connectivity index (χ2n) is 8.35. The van der Waals surface area contributed by atoms with Crippen molar-refractivity contribution in [2.24, 2.45) is 4.99 Å². The van der Waals surface area contributed by atoms with Crippen molar-refractivity contribution in [1.29, 1.82) is 0 Å². The zero-order chi connectivity index (χ0) is 22.6. The number of aliphatic imine (C=N–C) groups is 1. The van der Waals surface area contributed by atoms with Crippen LogP contribution in [0.25, 0.3) is 0 Å². The maximum atomic E-state index is 11.7. The van der Waals surface area contributed by atoms with Crippen LogP contribution in [0, 0.1) is 0 Å². The first-order chi connectivity index (χ1) is 15.6. The van der Waals surface area contributed by atoms with E-state index in [0.717, 1.165) is 44.6 Å². The lowest BCUT2D eigenvalue weighted by Gasteiger charge is -2.18. The van der Waals surface area contributed by atoms with E-state index >= 15 is 0 Å². The summed E-state index contributed by atoms with van der Waals surface area (Å²) < 4.78 is 5.57. The van der Waals surface area contributed by atoms with Crippen molar-refractivity contribution in [3.8, 4) is 5.75 Å². The van der Waals surface area contributed by atoms with Crippen LogP contribution in [0.3, 0.4) is 0 Å². The molecule has 0 radical (unpaired) electrons. The first-order valence-corrected chi connectivity index (χ1v) is 11.7. The summed E-state index contributed by atoms with van der Waals surface area (Å²) in [4.78, 5) is 16.4. The van der Waals surface area contributed by atoms with Crippen LogP contribution in [0.2, 0.25) is 0 Å². The van der Waals surface area contributed by atoms with E-state index in [9.17, 15) is 4.79 Å². The predicted molar refractivity (Wildman–Crippen MR) is 146 cm³/mol. The van der Waals surface area contributed by atoms with Gasteiger partial charge < -0.3 is 20.7 Å². The van der Waals surface area contributed by atoms with Crippen molar-refractivity contribution in [2.75, 3.05) is 19.7 Å². The highest BCUT2D eigenvalue weighted by Gasteiger charge is 2.23. The van der Waals surface area contributed by atoms with Gasteiger partial charge in [-0.25, -0.2) is 0 Å². The Morgan fingerprint density at radius 1 is 1.06 bits per heavy atom. The number of benzene rings is 2. The van der Waals surface area contributed by atoms with Crippen LogP contribution < -0.4 is 20.7 Å². The van der Waals surface area contributed by atoms with E-state index in [2.05, 4.69) is 60.1 Å². The maximum Gasteiger partial charge on any atom is 0.258 e. The average molecular weight is 565 g/mol. The molecule has 180 valence electrons. The van der Waals surface area contributed by atoms with Gasteiger partial charge in [0.2, 0.25) is 0 Å². The van der Waals surface area contributed by atoms with Crippen molar-refractivity contribution < 1.29 is 9.53 Å². The Hall–Kier alpha value is -2.29. The molecule has 1 fully saturated rings. The Labute approximate surface area is 215 Å². The average Bonchev–Trinajstić information content (AvgIpc) is 3.62. The van der Waals surface area contributed by atoms with Crippen LogP contribution in [-0.4, -0.2) is 43.6 Å². The summed E-state index contributed by atoms with van der Waals surface area (Å²) in [5, 5.41) is 9.77. The number of carbonyl (C=O) groups is 1. The van der Waals surface area contributed by atoms with E-state index in [1.165, 1.54) is 11.1 Å². The Kier molecular flexibility index (Phi) is 12.1. The molecule has 0 spiro atoms. The third-order valence-corrected chi connectivity index (χ3v) is 5.34. The largest absolute Gasteiger partial charge is 0.484 e. The summed E-state index contributed by atoms with van der Waals surface area (Å²) in [6.45, 7) is 5.87. The fraction of sp³-hybridized carbons (Fsp3) is 0.462. The molecule has 6 nitrogen and oxygen atoms in total. The molecule has 0 aliphatic heterocycles. The molecule has 1 unspecified atom stereocenters. The molecule has 0 aromatic heterocycles. The molecule has 33 heavy (non-hydrogen) atoms. The van der Waals surface area contributed by atoms with Gasteiger partial charge in [-0.05, 0) is 69.2 Å². The number of guanidine groups is 1. The van der Waals surface area contributed by atoms with Crippen molar-refractivity contribution >= 4 is 35.8 Å². The summed E-state index contributed by atoms with van der Waals surface area (Å²) in [5.41, 5.74) is 2.55. The fourth-order valence-electron chi connectivity index (χ4n) is 3.35. The minimum atomic E-state index is -0.0487. The maximum absolute atomic E-state index is 11.7. The number of halogens is 1. The lowest BCUT2D eigenvalue weighted by atomic mass is 10.1. The standard InChI is InChI=1S/C26H36N4O2.HI/c1-3-27-26(29-20(2)9-10-21-7-5-4-6-8-21)28-18-17-22-11-15-24(16-12-22)32-19-25(31)30-23-13-14-23;/h4-8,11-12,15-16,20,23H,3,9-10,13-14,17-19H2,1-2H3,(H,30,31)(H2,27,28,29);1H. The number of nitrogens with one attached hydrogen (secondary N) is 3. The summed E-state index contributed by atoms with van der Waals surface area (Å²) in [7, 11) is 0. The van der Waals surface area contributed by atoms with Crippen LogP contribution in [0.1, 0.15) is 44.2 Å². The molecule has 0 saturated heterocycles. The Morgan fingerprint density at radius 2 is 1.76 bits per heavy atom. The van der Waals surface area contributed by atoms with Gasteiger partial charge in [0, 0.05) is 25.2 Å². The van der Waals surface area contributed by atoms with Gasteiger partial charge in [-0.2, -0.15) is 0 Å². The van der Waals surface area contributed by atoms with Gasteiger partial charge in [0.1, 0.15) is 5.75 Å². The normalized spacial score (nSPS) is 14.1. The van der Waals surface area contributed by atoms with Crippen LogP contribution in [-0.2, 0) is 17.6 Å². The molecule has 2 aromatic rings. The predicted octanol–water partition coefficient (Wildman–Crippen LogP) is 4.08. The van der Waals surface area contributed by atoms with Gasteiger partial charge in [-0.3, -0.25) is 9.79 Å². The number of rotatable bonds is 12. The quantitative estimate of drug-likeness (QED) is 0.207. The van der Waals surface area contributed by atoms with E-state index in [-0.39, 0.29) is 36.5 Å². The van der Waals surface area contributed by atoms with Crippen LogP contribution in [0.15, 0.2) is 59.6 Å². The lowest BCUT2D eigenvalue weighted by Crippen LogP contribution is -2.42. The topological polar surface area (TPSA) is 74.8 Å². The molecule has 0 heterocycles. The number of aryl methyl sites for hydroxylation is 1. The molecular weight excluding hydrogens is 527 g/mol. The third kappa shape index (κ3) is 10.9. The SMILES string of the molecule is CCNC(=NCCc1ccc(OCC(=O)NC2CC2)cc1)NC(C)CCc1ccccc1.I. The number of amides is 1. The van der Waals surface area contributed by atoms with Crippen molar-refractivity contribution in [3.63, 3.8) is 0 Å². The lowest BCUT2D eigenvalue weighted by molar-refractivity contribution is -0.123. The molecule has 1 aliphatic carbocycles. The minimum absolute atomic E-state index is 0.